The SMILES string of the molecule is CNC[C@H](O)[C@@H](O)[C@H](O)[C@H](O)CO.O=C(CCc1ccc(O)cc1)Nc1ccccc1C(=O)O. The number of hydrogen-bond donors (Lipinski definition) is 9. The number of hydrogen-bond acceptors (Lipinski definition) is 9. The van der Waals surface area contributed by atoms with Crippen LogP contribution in [0.1, 0.15) is 22.3 Å². The highest BCUT2D eigenvalue weighted by atomic mass is 16.4. The molecule has 11 nitrogen and oxygen atoms in total. The number of carbonyl (C=O) groups is 2. The summed E-state index contributed by atoms with van der Waals surface area (Å²) >= 11 is 0. The number of aryl methyl sites for hydroxylation is 1. The van der Waals surface area contributed by atoms with E-state index < -0.39 is 37.0 Å². The zero-order valence-corrected chi connectivity index (χ0v) is 18.7. The maximum Gasteiger partial charge on any atom is 0.337 e. The van der Waals surface area contributed by atoms with Crippen molar-refractivity contribution < 1.29 is 45.3 Å². The molecule has 0 bridgehead atoms. The maximum absolute atomic E-state index is 11.9. The third-order valence-corrected chi connectivity index (χ3v) is 4.75. The fraction of sp³-hybridized carbons (Fsp3) is 0.391. The van der Waals surface area contributed by atoms with Gasteiger partial charge in [0.1, 0.15) is 24.1 Å². The van der Waals surface area contributed by atoms with Gasteiger partial charge >= 0.3 is 5.97 Å². The summed E-state index contributed by atoms with van der Waals surface area (Å²) in [5.74, 6) is -1.15. The standard InChI is InChI=1S/C16H15NO4.C7H17NO5/c18-12-8-5-11(6-9-12)7-10-15(19)17-14-4-2-1-3-13(14)16(20)21;1-8-2-4(10)6(12)7(13)5(11)3-9/h1-6,8-9,18H,7,10H2,(H,17,19)(H,20,21);4-13H,2-3H2,1H3/t;4-,5+,6+,7+/m.0/s1. The van der Waals surface area contributed by atoms with E-state index in [0.29, 0.717) is 12.1 Å². The molecule has 0 aliphatic carbocycles. The van der Waals surface area contributed by atoms with Crippen molar-refractivity contribution in [1.82, 2.24) is 5.32 Å². The molecule has 0 aromatic heterocycles. The minimum atomic E-state index is -1.55. The molecule has 9 N–H and O–H groups in total. The van der Waals surface area contributed by atoms with E-state index in [-0.39, 0.29) is 30.2 Å². The number of aromatic carboxylic acids is 1. The Kier molecular flexibility index (Phi) is 12.7. The van der Waals surface area contributed by atoms with Crippen LogP contribution in [0.4, 0.5) is 5.69 Å². The number of carboxylic acids is 1. The number of aliphatic hydroxyl groups is 5. The molecule has 0 fully saturated rings. The van der Waals surface area contributed by atoms with Crippen molar-refractivity contribution in [2.75, 3.05) is 25.5 Å². The molecule has 1 amide bonds. The van der Waals surface area contributed by atoms with E-state index in [1.807, 2.05) is 0 Å². The van der Waals surface area contributed by atoms with E-state index in [2.05, 4.69) is 10.6 Å². The van der Waals surface area contributed by atoms with Gasteiger partial charge in [0.05, 0.1) is 24.0 Å². The van der Waals surface area contributed by atoms with Crippen LogP contribution in [-0.4, -0.2) is 92.2 Å². The quantitative estimate of drug-likeness (QED) is 0.198. The van der Waals surface area contributed by atoms with Gasteiger partial charge in [-0.25, -0.2) is 4.79 Å². The Bertz CT molecular complexity index is 892. The number of phenolic OH excluding ortho intramolecular Hbond substituents is 1. The maximum atomic E-state index is 11.9. The van der Waals surface area contributed by atoms with E-state index in [0.717, 1.165) is 5.56 Å². The Morgan fingerprint density at radius 3 is 2.06 bits per heavy atom. The summed E-state index contributed by atoms with van der Waals surface area (Å²) in [6.45, 7) is -0.569. The van der Waals surface area contributed by atoms with Gasteiger partial charge in [-0.1, -0.05) is 24.3 Å². The van der Waals surface area contributed by atoms with Gasteiger partial charge in [0, 0.05) is 13.0 Å². The molecular formula is C23H32N2O9. The van der Waals surface area contributed by atoms with E-state index >= 15 is 0 Å². The minimum Gasteiger partial charge on any atom is -0.508 e. The third kappa shape index (κ3) is 9.83. The number of nitrogens with one attached hydrogen (secondary N) is 2. The second-order valence-electron chi connectivity index (χ2n) is 7.42. The van der Waals surface area contributed by atoms with Crippen LogP contribution >= 0.6 is 0 Å². The first-order valence-corrected chi connectivity index (χ1v) is 10.5. The molecule has 2 rings (SSSR count). The first-order valence-electron chi connectivity index (χ1n) is 10.5. The molecule has 0 saturated carbocycles. The fourth-order valence-electron chi connectivity index (χ4n) is 2.80. The van der Waals surface area contributed by atoms with E-state index in [4.69, 9.17) is 25.5 Å². The van der Waals surface area contributed by atoms with Gasteiger partial charge in [-0.05, 0) is 43.3 Å². The molecular weight excluding hydrogens is 448 g/mol. The lowest BCUT2D eigenvalue weighted by atomic mass is 10.0. The number of aliphatic hydroxyl groups excluding tert-OH is 5. The first kappa shape index (κ1) is 29.0. The van der Waals surface area contributed by atoms with Gasteiger partial charge < -0.3 is 46.4 Å². The number of rotatable bonds is 11. The molecule has 0 aliphatic heterocycles. The summed E-state index contributed by atoms with van der Waals surface area (Å²) < 4.78 is 0. The lowest BCUT2D eigenvalue weighted by Gasteiger charge is -2.25. The topological polar surface area (TPSA) is 200 Å². The zero-order chi connectivity index (χ0) is 25.7. The van der Waals surface area contributed by atoms with E-state index in [9.17, 15) is 19.8 Å². The largest absolute Gasteiger partial charge is 0.508 e. The average Bonchev–Trinajstić information content (AvgIpc) is 2.83. The van der Waals surface area contributed by atoms with Crippen LogP contribution in [0.25, 0.3) is 0 Å². The van der Waals surface area contributed by atoms with Crippen molar-refractivity contribution in [3.63, 3.8) is 0 Å². The molecule has 11 heteroatoms. The van der Waals surface area contributed by atoms with Gasteiger partial charge in [-0.15, -0.1) is 0 Å². The lowest BCUT2D eigenvalue weighted by molar-refractivity contribution is -0.116. The highest BCUT2D eigenvalue weighted by Gasteiger charge is 2.29. The van der Waals surface area contributed by atoms with E-state index in [1.165, 1.54) is 6.07 Å². The number of para-hydroxylation sites is 1. The number of carbonyl (C=O) groups excluding carboxylic acids is 1. The van der Waals surface area contributed by atoms with Crippen LogP contribution in [-0.2, 0) is 11.2 Å². The predicted molar refractivity (Wildman–Crippen MR) is 123 cm³/mol. The number of amides is 1. The summed E-state index contributed by atoms with van der Waals surface area (Å²) in [6, 6.07) is 12.9. The molecule has 2 aromatic carbocycles. The molecule has 0 aliphatic rings. The molecule has 34 heavy (non-hydrogen) atoms. The van der Waals surface area contributed by atoms with Crippen molar-refractivity contribution in [3.8, 4) is 5.75 Å². The summed E-state index contributed by atoms with van der Waals surface area (Å²) in [5, 5.41) is 68.3. The van der Waals surface area contributed by atoms with Crippen LogP contribution in [0.5, 0.6) is 5.75 Å². The third-order valence-electron chi connectivity index (χ3n) is 4.75. The predicted octanol–water partition coefficient (Wildman–Crippen LogP) is -0.697. The average molecular weight is 481 g/mol. The van der Waals surface area contributed by atoms with Crippen molar-refractivity contribution in [1.29, 1.82) is 0 Å². The summed E-state index contributed by atoms with van der Waals surface area (Å²) in [7, 11) is 1.57. The van der Waals surface area contributed by atoms with Crippen LogP contribution < -0.4 is 10.6 Å². The Morgan fingerprint density at radius 2 is 1.50 bits per heavy atom. The summed E-state index contributed by atoms with van der Waals surface area (Å²) in [6.07, 6.45) is -4.90. The number of carboxylic acid groups (broad SMARTS) is 1. The normalized spacial score (nSPS) is 14.2. The Labute approximate surface area is 196 Å². The smallest absolute Gasteiger partial charge is 0.337 e. The van der Waals surface area contributed by atoms with Crippen molar-refractivity contribution >= 4 is 17.6 Å². The minimum absolute atomic E-state index is 0.0653. The second-order valence-corrected chi connectivity index (χ2v) is 7.42. The van der Waals surface area contributed by atoms with Crippen LogP contribution in [0.15, 0.2) is 48.5 Å². The van der Waals surface area contributed by atoms with E-state index in [1.54, 1.807) is 49.5 Å². The molecule has 0 radical (unpaired) electrons. The van der Waals surface area contributed by atoms with Crippen molar-refractivity contribution in [3.05, 3.63) is 59.7 Å². The molecule has 0 unspecified atom stereocenters. The Morgan fingerprint density at radius 1 is 0.912 bits per heavy atom. The first-order chi connectivity index (χ1) is 16.1. The molecule has 0 spiro atoms. The highest BCUT2D eigenvalue weighted by Crippen LogP contribution is 2.16. The Balaban J connectivity index is 0.000000385. The number of phenols is 1. The van der Waals surface area contributed by atoms with Crippen molar-refractivity contribution in [2.24, 2.45) is 0 Å². The number of likely N-dealkylation sites (N-methyl/N-ethyl adjacent to an activating group) is 1. The van der Waals surface area contributed by atoms with Gasteiger partial charge in [0.2, 0.25) is 5.91 Å². The summed E-state index contributed by atoms with van der Waals surface area (Å²) in [5.41, 5.74) is 1.28. The summed E-state index contributed by atoms with van der Waals surface area (Å²) in [4.78, 5) is 22.9. The monoisotopic (exact) mass is 480 g/mol. The van der Waals surface area contributed by atoms with Gasteiger partial charge in [-0.3, -0.25) is 4.79 Å². The second kappa shape index (κ2) is 15.0. The molecule has 0 heterocycles. The zero-order valence-electron chi connectivity index (χ0n) is 18.7. The molecule has 2 aromatic rings. The van der Waals surface area contributed by atoms with Crippen LogP contribution in [0, 0.1) is 0 Å². The van der Waals surface area contributed by atoms with Crippen LogP contribution in [0.3, 0.4) is 0 Å². The number of anilines is 1. The number of aromatic hydroxyl groups is 1. The molecule has 4 atom stereocenters. The van der Waals surface area contributed by atoms with Gasteiger partial charge in [0.15, 0.2) is 0 Å². The number of benzene rings is 2. The molecule has 0 saturated heterocycles. The van der Waals surface area contributed by atoms with Gasteiger partial charge in [0.25, 0.3) is 0 Å². The van der Waals surface area contributed by atoms with Gasteiger partial charge in [-0.2, -0.15) is 0 Å². The highest BCUT2D eigenvalue weighted by molar-refractivity contribution is 6.00. The van der Waals surface area contributed by atoms with Crippen LogP contribution in [0.2, 0.25) is 0 Å². The van der Waals surface area contributed by atoms with Crippen molar-refractivity contribution in [2.45, 2.75) is 37.3 Å². The lowest BCUT2D eigenvalue weighted by Crippen LogP contribution is -2.48. The fourth-order valence-corrected chi connectivity index (χ4v) is 2.80. The Hall–Kier alpha value is -3.06. The molecule has 188 valence electrons.